The maximum absolute atomic E-state index is 12.3. The van der Waals surface area contributed by atoms with Gasteiger partial charge in [0.15, 0.2) is 0 Å². The van der Waals surface area contributed by atoms with Gasteiger partial charge in [0.2, 0.25) is 0 Å². The van der Waals surface area contributed by atoms with Crippen molar-refractivity contribution in [2.24, 2.45) is 4.99 Å². The van der Waals surface area contributed by atoms with Crippen LogP contribution in [0, 0.1) is 6.92 Å². The fourth-order valence-corrected chi connectivity index (χ4v) is 2.52. The van der Waals surface area contributed by atoms with Gasteiger partial charge in [-0.3, -0.25) is 4.99 Å². The average Bonchev–Trinajstić information content (AvgIpc) is 2.49. The van der Waals surface area contributed by atoms with Crippen molar-refractivity contribution >= 4 is 11.4 Å². The molecule has 1 N–H and O–H groups in total. The summed E-state index contributed by atoms with van der Waals surface area (Å²) in [5, 5.41) is 3.25. The number of methoxy groups -OCH3 is 1. The molecule has 0 aromatic heterocycles. The molecule has 0 radical (unpaired) electrons. The van der Waals surface area contributed by atoms with Crippen LogP contribution in [0.2, 0.25) is 0 Å². The Kier molecular flexibility index (Phi) is 6.91. The van der Waals surface area contributed by atoms with Crippen molar-refractivity contribution < 1.29 is 17.9 Å². The van der Waals surface area contributed by atoms with E-state index in [0.717, 1.165) is 16.8 Å². The largest absolute Gasteiger partial charge is 0.496 e. The van der Waals surface area contributed by atoms with E-state index in [4.69, 9.17) is 4.74 Å². The second-order valence-corrected chi connectivity index (χ2v) is 5.20. The highest BCUT2D eigenvalue weighted by Crippen LogP contribution is 2.35. The Hall–Kier alpha value is -1.72. The first-order chi connectivity index (χ1) is 10.8. The highest BCUT2D eigenvalue weighted by molar-refractivity contribution is 6.09. The smallest absolute Gasteiger partial charge is 0.389 e. The number of aryl methyl sites for hydroxylation is 1. The van der Waals surface area contributed by atoms with Crippen molar-refractivity contribution in [1.82, 2.24) is 0 Å². The number of ether oxygens (including phenoxy) is 1. The van der Waals surface area contributed by atoms with E-state index in [1.54, 1.807) is 7.11 Å². The molecule has 1 aromatic rings. The number of fused-ring (bicyclic) bond motifs is 1. The second-order valence-electron chi connectivity index (χ2n) is 5.20. The minimum Gasteiger partial charge on any atom is -0.496 e. The summed E-state index contributed by atoms with van der Waals surface area (Å²) in [5.41, 5.74) is 3.40. The third-order valence-corrected chi connectivity index (χ3v) is 3.46. The van der Waals surface area contributed by atoms with E-state index in [1.807, 2.05) is 39.8 Å². The lowest BCUT2D eigenvalue weighted by atomic mass is 9.96. The van der Waals surface area contributed by atoms with Crippen molar-refractivity contribution in [1.29, 1.82) is 0 Å². The Morgan fingerprint density at radius 3 is 2.48 bits per heavy atom. The Morgan fingerprint density at radius 2 is 1.91 bits per heavy atom. The van der Waals surface area contributed by atoms with E-state index in [9.17, 15) is 13.2 Å². The maximum Gasteiger partial charge on any atom is 0.389 e. The molecule has 130 valence electrons. The van der Waals surface area contributed by atoms with E-state index in [-0.39, 0.29) is 12.6 Å². The van der Waals surface area contributed by atoms with Gasteiger partial charge in [-0.25, -0.2) is 0 Å². The third kappa shape index (κ3) is 5.15. The summed E-state index contributed by atoms with van der Waals surface area (Å²) in [6, 6.07) is 3.75. The lowest BCUT2D eigenvalue weighted by Gasteiger charge is -2.26. The lowest BCUT2D eigenvalue weighted by Crippen LogP contribution is -2.25. The summed E-state index contributed by atoms with van der Waals surface area (Å²) >= 11 is 0. The van der Waals surface area contributed by atoms with Crippen molar-refractivity contribution in [3.05, 3.63) is 23.3 Å². The van der Waals surface area contributed by atoms with Gasteiger partial charge in [-0.2, -0.15) is 13.2 Å². The SMILES string of the molecule is CC.COc1ccc(C)c2c1C(CCCC(F)(F)F)=NC(C)N2. The molecule has 1 atom stereocenters. The molecule has 0 fully saturated rings. The van der Waals surface area contributed by atoms with Crippen LogP contribution in [-0.4, -0.2) is 25.2 Å². The summed E-state index contributed by atoms with van der Waals surface area (Å²) in [6.07, 6.45) is -4.75. The zero-order chi connectivity index (χ0) is 17.6. The van der Waals surface area contributed by atoms with Crippen LogP contribution >= 0.6 is 0 Å². The van der Waals surface area contributed by atoms with Gasteiger partial charge in [0.1, 0.15) is 11.9 Å². The highest BCUT2D eigenvalue weighted by atomic mass is 19.4. The van der Waals surface area contributed by atoms with Gasteiger partial charge in [0.25, 0.3) is 0 Å². The molecule has 3 nitrogen and oxygen atoms in total. The summed E-state index contributed by atoms with van der Waals surface area (Å²) in [7, 11) is 1.55. The molecule has 0 aliphatic carbocycles. The zero-order valence-corrected chi connectivity index (χ0v) is 14.3. The van der Waals surface area contributed by atoms with Gasteiger partial charge in [-0.15, -0.1) is 0 Å². The molecule has 1 aliphatic heterocycles. The third-order valence-electron chi connectivity index (χ3n) is 3.46. The van der Waals surface area contributed by atoms with Crippen LogP contribution < -0.4 is 10.1 Å². The Labute approximate surface area is 136 Å². The molecule has 6 heteroatoms. The minimum atomic E-state index is -4.13. The number of alkyl halides is 3. The molecule has 1 aromatic carbocycles. The Bertz CT molecular complexity index is 554. The average molecular weight is 330 g/mol. The zero-order valence-electron chi connectivity index (χ0n) is 14.3. The van der Waals surface area contributed by atoms with Crippen molar-refractivity contribution in [3.8, 4) is 5.75 Å². The highest BCUT2D eigenvalue weighted by Gasteiger charge is 2.28. The number of hydrogen-bond donors (Lipinski definition) is 1. The topological polar surface area (TPSA) is 33.6 Å². The molecule has 23 heavy (non-hydrogen) atoms. The number of rotatable bonds is 4. The summed E-state index contributed by atoms with van der Waals surface area (Å²) in [5.74, 6) is 0.640. The van der Waals surface area contributed by atoms with E-state index >= 15 is 0 Å². The number of aliphatic imine (C=N–C) groups is 1. The number of hydrogen-bond acceptors (Lipinski definition) is 3. The molecule has 0 spiro atoms. The normalized spacial score (nSPS) is 16.5. The fourth-order valence-electron chi connectivity index (χ4n) is 2.52. The molecular formula is C17H25F3N2O. The summed E-state index contributed by atoms with van der Waals surface area (Å²) in [4.78, 5) is 4.45. The number of halogens is 3. The van der Waals surface area contributed by atoms with Crippen LogP contribution in [0.3, 0.4) is 0 Å². The molecule has 0 saturated heterocycles. The number of nitrogens with zero attached hydrogens (tertiary/aromatic N) is 1. The first-order valence-electron chi connectivity index (χ1n) is 7.89. The predicted octanol–water partition coefficient (Wildman–Crippen LogP) is 5.32. The molecule has 2 rings (SSSR count). The minimum absolute atomic E-state index is 0.0333. The van der Waals surface area contributed by atoms with Crippen LogP contribution in [0.5, 0.6) is 5.75 Å². The van der Waals surface area contributed by atoms with Crippen LogP contribution in [0.4, 0.5) is 18.9 Å². The molecule has 1 heterocycles. The number of benzene rings is 1. The molecular weight excluding hydrogens is 305 g/mol. The van der Waals surface area contributed by atoms with Crippen molar-refractivity contribution in [2.45, 2.75) is 59.3 Å². The molecule has 1 aliphatic rings. The molecule has 1 unspecified atom stereocenters. The van der Waals surface area contributed by atoms with E-state index in [1.165, 1.54) is 0 Å². The second kappa shape index (κ2) is 8.22. The van der Waals surface area contributed by atoms with Crippen LogP contribution in [0.15, 0.2) is 17.1 Å². The quantitative estimate of drug-likeness (QED) is 0.810. The standard InChI is InChI=1S/C15H19F3N2O.C2H6/c1-9-6-7-12(21-3)13-11(5-4-8-15(16,17)18)19-10(2)20-14(9)13;1-2/h6-7,10,20H,4-5,8H2,1-3H3;1-2H3. The van der Waals surface area contributed by atoms with Crippen LogP contribution in [0.1, 0.15) is 51.2 Å². The van der Waals surface area contributed by atoms with Gasteiger partial charge < -0.3 is 10.1 Å². The lowest BCUT2D eigenvalue weighted by molar-refractivity contribution is -0.135. The van der Waals surface area contributed by atoms with E-state index < -0.39 is 12.6 Å². The first-order valence-corrected chi connectivity index (χ1v) is 7.89. The predicted molar refractivity (Wildman–Crippen MR) is 88.6 cm³/mol. The molecule has 0 saturated carbocycles. The fraction of sp³-hybridized carbons (Fsp3) is 0.588. The van der Waals surface area contributed by atoms with E-state index in [2.05, 4.69) is 10.3 Å². The number of anilines is 1. The summed E-state index contributed by atoms with van der Waals surface area (Å²) < 4.78 is 42.3. The van der Waals surface area contributed by atoms with Crippen molar-refractivity contribution in [3.63, 3.8) is 0 Å². The van der Waals surface area contributed by atoms with Gasteiger partial charge in [-0.05, 0) is 38.3 Å². The Morgan fingerprint density at radius 1 is 1.26 bits per heavy atom. The summed E-state index contributed by atoms with van der Waals surface area (Å²) in [6.45, 7) is 7.84. The molecule has 0 bridgehead atoms. The Balaban J connectivity index is 0.00000127. The van der Waals surface area contributed by atoms with Crippen LogP contribution in [0.25, 0.3) is 0 Å². The first kappa shape index (κ1) is 19.3. The van der Waals surface area contributed by atoms with E-state index in [0.29, 0.717) is 17.9 Å². The van der Waals surface area contributed by atoms with Crippen molar-refractivity contribution in [2.75, 3.05) is 12.4 Å². The van der Waals surface area contributed by atoms with Crippen LogP contribution in [-0.2, 0) is 0 Å². The maximum atomic E-state index is 12.3. The monoisotopic (exact) mass is 330 g/mol. The van der Waals surface area contributed by atoms with Gasteiger partial charge in [-0.1, -0.05) is 19.9 Å². The molecule has 0 amide bonds. The van der Waals surface area contributed by atoms with Gasteiger partial charge >= 0.3 is 6.18 Å². The van der Waals surface area contributed by atoms with Gasteiger partial charge in [0.05, 0.1) is 24.1 Å². The number of nitrogens with one attached hydrogen (secondary N) is 1. The van der Waals surface area contributed by atoms with Gasteiger partial charge in [0, 0.05) is 6.42 Å².